The number of amides is 1. The number of aryl methyl sites for hydroxylation is 1. The van der Waals surface area contributed by atoms with E-state index in [0.717, 1.165) is 5.69 Å². The highest BCUT2D eigenvalue weighted by Gasteiger charge is 2.16. The number of aromatic nitrogens is 3. The Bertz CT molecular complexity index is 1280. The van der Waals surface area contributed by atoms with Crippen LogP contribution < -0.4 is 15.8 Å². The Labute approximate surface area is 184 Å². The number of benzene rings is 2. The molecular weight excluding hydrogens is 409 g/mol. The summed E-state index contributed by atoms with van der Waals surface area (Å²) < 4.78 is 21.9. The lowest BCUT2D eigenvalue weighted by molar-refractivity contribution is 0.102. The summed E-state index contributed by atoms with van der Waals surface area (Å²) in [5.74, 6) is -0.670. The standard InChI is InChI=1S/C24H20FN5O2/c1-16-19(15-30(29-16)18-6-3-2-4-7-18)24(31)28-17-9-10-22(20(25)14-17)32-23-8-5-13-27-21(23)11-12-26/h2-15H,26H2,1H3,(H,28,31). The normalized spacial score (nSPS) is 10.9. The third kappa shape index (κ3) is 4.49. The van der Waals surface area contributed by atoms with Crippen molar-refractivity contribution in [3.05, 3.63) is 102 Å². The number of hydrogen-bond donors (Lipinski definition) is 2. The summed E-state index contributed by atoms with van der Waals surface area (Å²) in [4.78, 5) is 16.9. The molecule has 32 heavy (non-hydrogen) atoms. The maximum absolute atomic E-state index is 14.7. The molecule has 0 atom stereocenters. The van der Waals surface area contributed by atoms with Crippen molar-refractivity contribution in [3.8, 4) is 17.2 Å². The third-order valence-electron chi connectivity index (χ3n) is 4.63. The molecule has 2 aromatic carbocycles. The fourth-order valence-corrected chi connectivity index (χ4v) is 3.08. The molecule has 0 fully saturated rings. The van der Waals surface area contributed by atoms with Crippen molar-refractivity contribution >= 4 is 17.7 Å². The summed E-state index contributed by atoms with van der Waals surface area (Å²) in [7, 11) is 0. The van der Waals surface area contributed by atoms with E-state index in [2.05, 4.69) is 15.4 Å². The SMILES string of the molecule is Cc1nn(-c2ccccc2)cc1C(=O)Nc1ccc(Oc2cccnc2C=CN)c(F)c1. The second-order valence-electron chi connectivity index (χ2n) is 6.86. The average molecular weight is 429 g/mol. The van der Waals surface area contributed by atoms with Crippen LogP contribution in [-0.4, -0.2) is 20.7 Å². The van der Waals surface area contributed by atoms with Crippen molar-refractivity contribution in [3.63, 3.8) is 0 Å². The molecule has 3 N–H and O–H groups in total. The van der Waals surface area contributed by atoms with E-state index >= 15 is 0 Å². The fraction of sp³-hybridized carbons (Fsp3) is 0.0417. The molecule has 7 nitrogen and oxygen atoms in total. The highest BCUT2D eigenvalue weighted by molar-refractivity contribution is 6.05. The molecule has 0 saturated carbocycles. The van der Waals surface area contributed by atoms with Gasteiger partial charge in [-0.1, -0.05) is 18.2 Å². The molecule has 8 heteroatoms. The largest absolute Gasteiger partial charge is 0.452 e. The number of hydrogen-bond acceptors (Lipinski definition) is 5. The number of rotatable bonds is 6. The van der Waals surface area contributed by atoms with Gasteiger partial charge in [-0.25, -0.2) is 9.07 Å². The predicted octanol–water partition coefficient (Wildman–Crippen LogP) is 4.69. The number of nitrogens with two attached hydrogens (primary N) is 1. The van der Waals surface area contributed by atoms with Crippen molar-refractivity contribution in [1.82, 2.24) is 14.8 Å². The number of nitrogens with zero attached hydrogens (tertiary/aromatic N) is 3. The number of halogens is 1. The lowest BCUT2D eigenvalue weighted by atomic mass is 10.2. The quantitative estimate of drug-likeness (QED) is 0.464. The summed E-state index contributed by atoms with van der Waals surface area (Å²) >= 11 is 0. The fourth-order valence-electron chi connectivity index (χ4n) is 3.08. The molecule has 0 aliphatic rings. The molecule has 2 heterocycles. The number of nitrogens with one attached hydrogen (secondary N) is 1. The van der Waals surface area contributed by atoms with Crippen LogP contribution in [0.25, 0.3) is 11.8 Å². The lowest BCUT2D eigenvalue weighted by Crippen LogP contribution is -2.12. The Morgan fingerprint density at radius 3 is 2.69 bits per heavy atom. The van der Waals surface area contributed by atoms with Gasteiger partial charge in [-0.3, -0.25) is 9.78 Å². The molecule has 1 amide bonds. The first kappa shape index (κ1) is 20.8. The second kappa shape index (κ2) is 9.13. The highest BCUT2D eigenvalue weighted by Crippen LogP contribution is 2.29. The van der Waals surface area contributed by atoms with Gasteiger partial charge in [0.15, 0.2) is 17.3 Å². The van der Waals surface area contributed by atoms with Crippen LogP contribution in [0.15, 0.2) is 79.3 Å². The molecule has 4 aromatic rings. The average Bonchev–Trinajstić information content (AvgIpc) is 3.19. The molecule has 0 radical (unpaired) electrons. The van der Waals surface area contributed by atoms with Gasteiger partial charge in [-0.15, -0.1) is 0 Å². The molecule has 0 unspecified atom stereocenters. The molecular formula is C24H20FN5O2. The predicted molar refractivity (Wildman–Crippen MR) is 120 cm³/mol. The Balaban J connectivity index is 1.51. The minimum atomic E-state index is -0.633. The Kier molecular flexibility index (Phi) is 5.94. The van der Waals surface area contributed by atoms with E-state index in [-0.39, 0.29) is 11.7 Å². The van der Waals surface area contributed by atoms with E-state index in [4.69, 9.17) is 10.5 Å². The topological polar surface area (TPSA) is 95.1 Å². The Hall–Kier alpha value is -4.46. The number of carbonyl (C=O) groups is 1. The van der Waals surface area contributed by atoms with Crippen LogP contribution in [0, 0.1) is 12.7 Å². The minimum Gasteiger partial charge on any atom is -0.452 e. The Morgan fingerprint density at radius 2 is 1.94 bits per heavy atom. The zero-order valence-corrected chi connectivity index (χ0v) is 17.2. The van der Waals surface area contributed by atoms with Gasteiger partial charge in [-0.2, -0.15) is 5.10 Å². The molecule has 0 aliphatic carbocycles. The molecule has 4 rings (SSSR count). The van der Waals surface area contributed by atoms with Crippen LogP contribution in [0.1, 0.15) is 21.7 Å². The van der Waals surface area contributed by atoms with Crippen molar-refractivity contribution in [2.45, 2.75) is 6.92 Å². The zero-order chi connectivity index (χ0) is 22.5. The highest BCUT2D eigenvalue weighted by atomic mass is 19.1. The van der Waals surface area contributed by atoms with Crippen molar-refractivity contribution in [1.29, 1.82) is 0 Å². The van der Waals surface area contributed by atoms with Crippen LogP contribution in [-0.2, 0) is 0 Å². The summed E-state index contributed by atoms with van der Waals surface area (Å²) in [5.41, 5.74) is 7.96. The van der Waals surface area contributed by atoms with E-state index in [1.807, 2.05) is 30.3 Å². The van der Waals surface area contributed by atoms with Crippen molar-refractivity contribution in [2.24, 2.45) is 5.73 Å². The van der Waals surface area contributed by atoms with Crippen molar-refractivity contribution < 1.29 is 13.9 Å². The molecule has 160 valence electrons. The van der Waals surface area contributed by atoms with Crippen molar-refractivity contribution in [2.75, 3.05) is 5.32 Å². The monoisotopic (exact) mass is 429 g/mol. The van der Waals surface area contributed by atoms with Gasteiger partial charge in [-0.05, 0) is 55.6 Å². The maximum Gasteiger partial charge on any atom is 0.259 e. The van der Waals surface area contributed by atoms with Gasteiger partial charge in [0.1, 0.15) is 5.69 Å². The molecule has 0 aliphatic heterocycles. The van der Waals surface area contributed by atoms with E-state index in [0.29, 0.717) is 28.4 Å². The van der Waals surface area contributed by atoms with Crippen LogP contribution in [0.4, 0.5) is 10.1 Å². The van der Waals surface area contributed by atoms with Crippen LogP contribution >= 0.6 is 0 Å². The zero-order valence-electron chi connectivity index (χ0n) is 17.2. The first-order valence-corrected chi connectivity index (χ1v) is 9.79. The lowest BCUT2D eigenvalue weighted by Gasteiger charge is -2.10. The minimum absolute atomic E-state index is 0.00394. The molecule has 0 spiro atoms. The third-order valence-corrected chi connectivity index (χ3v) is 4.63. The molecule has 0 bridgehead atoms. The number of pyridine rings is 1. The summed E-state index contributed by atoms with van der Waals surface area (Å²) in [6.07, 6.45) is 6.10. The first-order valence-electron chi connectivity index (χ1n) is 9.79. The van der Waals surface area contributed by atoms with Gasteiger partial charge >= 0.3 is 0 Å². The Morgan fingerprint density at radius 1 is 1.12 bits per heavy atom. The summed E-state index contributed by atoms with van der Waals surface area (Å²) in [6, 6.07) is 17.0. The van der Waals surface area contributed by atoms with Crippen LogP contribution in [0.5, 0.6) is 11.5 Å². The van der Waals surface area contributed by atoms with E-state index in [1.54, 1.807) is 48.3 Å². The van der Waals surface area contributed by atoms with Gasteiger partial charge < -0.3 is 15.8 Å². The van der Waals surface area contributed by atoms with E-state index in [1.165, 1.54) is 18.3 Å². The van der Waals surface area contributed by atoms with Gasteiger partial charge in [0, 0.05) is 24.1 Å². The van der Waals surface area contributed by atoms with E-state index in [9.17, 15) is 9.18 Å². The number of carbonyl (C=O) groups excluding carboxylic acids is 1. The molecule has 0 saturated heterocycles. The van der Waals surface area contributed by atoms with E-state index < -0.39 is 5.82 Å². The summed E-state index contributed by atoms with van der Waals surface area (Å²) in [6.45, 7) is 1.74. The van der Waals surface area contributed by atoms with Gasteiger partial charge in [0.2, 0.25) is 0 Å². The van der Waals surface area contributed by atoms with Crippen LogP contribution in [0.3, 0.4) is 0 Å². The second-order valence-corrected chi connectivity index (χ2v) is 6.86. The van der Waals surface area contributed by atoms with Gasteiger partial charge in [0.05, 0.1) is 16.9 Å². The molecule has 2 aromatic heterocycles. The van der Waals surface area contributed by atoms with Crippen LogP contribution in [0.2, 0.25) is 0 Å². The first-order chi connectivity index (χ1) is 15.5. The number of anilines is 1. The number of para-hydroxylation sites is 1. The summed E-state index contributed by atoms with van der Waals surface area (Å²) in [5, 5.41) is 7.09. The maximum atomic E-state index is 14.7. The number of ether oxygens (including phenoxy) is 1. The van der Waals surface area contributed by atoms with Gasteiger partial charge in [0.25, 0.3) is 5.91 Å². The smallest absolute Gasteiger partial charge is 0.259 e.